The monoisotopic (exact) mass is 1060 g/mol. The molecule has 6 aliphatic heterocycles. The number of piperidine rings is 1. The first-order valence-corrected chi connectivity index (χ1v) is 27.3. The highest BCUT2D eigenvalue weighted by molar-refractivity contribution is 6.12. The number of nitrogens with zero attached hydrogens (tertiary/aromatic N) is 4. The largest absolute Gasteiger partial charge is 0.496 e. The van der Waals surface area contributed by atoms with Gasteiger partial charge >= 0.3 is 18.0 Å². The maximum absolute atomic E-state index is 15.5. The number of H-pyrrole nitrogens is 1. The molecule has 7 heterocycles. The van der Waals surface area contributed by atoms with Crippen LogP contribution < -0.4 is 20.5 Å². The number of nitrogens with one attached hydrogen (secondary N) is 3. The molecule has 77 heavy (non-hydrogen) atoms. The molecule has 4 amide bonds. The summed E-state index contributed by atoms with van der Waals surface area (Å²) in [6.07, 6.45) is 8.18. The first kappa shape index (κ1) is 52.7. The first-order valence-electron chi connectivity index (χ1n) is 27.3. The number of carbonyl (C=O) groups is 6. The highest BCUT2D eigenvalue weighted by Crippen LogP contribution is 2.67. The second-order valence-electron chi connectivity index (χ2n) is 23.1. The van der Waals surface area contributed by atoms with E-state index in [0.29, 0.717) is 113 Å². The Morgan fingerprint density at radius 2 is 1.65 bits per heavy atom. The average molecular weight is 1060 g/mol. The molecule has 2 bridgehead atoms. The van der Waals surface area contributed by atoms with Gasteiger partial charge in [-0.25, -0.2) is 10.2 Å². The molecule has 20 heteroatoms. The van der Waals surface area contributed by atoms with Gasteiger partial charge in [-0.15, -0.1) is 0 Å². The van der Waals surface area contributed by atoms with Gasteiger partial charge in [0.2, 0.25) is 6.79 Å². The minimum Gasteiger partial charge on any atom is -0.496 e. The SMILES string of the molecule is CC[C@]1(O)C[C@@H]2CN(CCc3c([nH]c4ccccc34)[C@@](C(=O)OC)(c3cc4c(cc3OC)N(C)C3[C@]45CCN4CC=C[C@@](CC)([C@@H](O)[C@]3(O)C(=O)NNC(=O)OCOC(=O)C3CCC(CN6C(=O)C=CC6=O)CC3)[C@H]45)C2)C1. The molecule has 10 atom stereocenters. The number of aliphatic hydroxyl groups excluding tert-OH is 1. The normalized spacial score (nSPS) is 35.0. The van der Waals surface area contributed by atoms with Crippen LogP contribution >= 0.6 is 0 Å². The van der Waals surface area contributed by atoms with Crippen molar-refractivity contribution in [1.82, 2.24) is 30.5 Å². The van der Waals surface area contributed by atoms with E-state index in [1.54, 1.807) is 14.2 Å². The average Bonchev–Trinajstić information content (AvgIpc) is 4.33. The number of para-hydroxylation sites is 1. The third-order valence-corrected chi connectivity index (χ3v) is 19.4. The van der Waals surface area contributed by atoms with Crippen LogP contribution in [0.25, 0.3) is 10.9 Å². The Hall–Kier alpha value is -6.32. The Bertz CT molecular complexity index is 2950. The minimum atomic E-state index is -2.62. The second-order valence-corrected chi connectivity index (χ2v) is 23.1. The van der Waals surface area contributed by atoms with E-state index in [4.69, 9.17) is 18.9 Å². The smallest absolute Gasteiger partial charge is 0.428 e. The van der Waals surface area contributed by atoms with Crippen LogP contribution in [0.3, 0.4) is 0 Å². The summed E-state index contributed by atoms with van der Waals surface area (Å²) in [5.41, 5.74) is 1.58. The van der Waals surface area contributed by atoms with Crippen molar-refractivity contribution in [2.75, 3.05) is 72.2 Å². The molecule has 1 aromatic heterocycles. The molecular weight excluding hydrogens is 991 g/mol. The Kier molecular flexibility index (Phi) is 13.4. The highest BCUT2D eigenvalue weighted by atomic mass is 16.7. The Morgan fingerprint density at radius 1 is 0.896 bits per heavy atom. The molecular formula is C57H71N7O13. The van der Waals surface area contributed by atoms with E-state index < -0.39 is 82.3 Å². The molecule has 1 spiro atoms. The van der Waals surface area contributed by atoms with Gasteiger partial charge in [-0.3, -0.25) is 44.1 Å². The third kappa shape index (κ3) is 8.00. The number of methoxy groups -OCH3 is 2. The standard InChI is InChI=1S/C57H71N7O13/c1-6-53(72)27-34-28-56(51(70)75-5,45-37(19-23-62(29-34)31-53)36-11-8-9-12-40(36)58-45)39-25-38-41(26-42(39)74-4)61(3)48-55(38)21-24-63-22-10-20-54(7-2,47(55)63)49(68)57(48,73)50(69)59-60-52(71)77-32-76-46(67)35-15-13-33(14-16-35)30-64-43(65)17-18-44(64)66/h8-12,17-18,20,25-26,33-35,47-49,58,68,72-73H,6-7,13-16,19,21-24,27-32H2,1-5H3,(H,59,69)(H,60,71)/t33?,34-,35?,47-,48?,49+,53-,54+,55+,56-,57-/m0/s1. The lowest BCUT2D eigenvalue weighted by molar-refractivity contribution is -0.204. The third-order valence-electron chi connectivity index (χ3n) is 19.4. The fraction of sp³-hybridized carbons (Fsp3) is 0.579. The van der Waals surface area contributed by atoms with Crippen LogP contribution in [0.2, 0.25) is 0 Å². The number of carbonyl (C=O) groups excluding carboxylic acids is 6. The van der Waals surface area contributed by atoms with E-state index in [1.165, 1.54) is 24.2 Å². The number of likely N-dealkylation sites (N-methyl/N-ethyl adjacent to an activating group) is 1. The van der Waals surface area contributed by atoms with Crippen molar-refractivity contribution in [2.24, 2.45) is 23.2 Å². The molecule has 2 unspecified atom stereocenters. The van der Waals surface area contributed by atoms with Gasteiger partial charge in [0, 0.05) is 103 Å². The number of amides is 4. The summed E-state index contributed by atoms with van der Waals surface area (Å²) >= 11 is 0. The molecule has 11 rings (SSSR count). The summed E-state index contributed by atoms with van der Waals surface area (Å²) in [4.78, 5) is 92.3. The molecule has 2 saturated heterocycles. The van der Waals surface area contributed by atoms with E-state index in [2.05, 4.69) is 31.7 Å². The van der Waals surface area contributed by atoms with E-state index in [1.807, 2.05) is 61.2 Å². The van der Waals surface area contributed by atoms with Crippen LogP contribution in [0.15, 0.2) is 60.7 Å². The van der Waals surface area contributed by atoms with Gasteiger partial charge in [-0.2, -0.15) is 0 Å². The number of benzene rings is 2. The molecule has 412 valence electrons. The number of aromatic amines is 1. The van der Waals surface area contributed by atoms with Crippen molar-refractivity contribution in [3.63, 3.8) is 0 Å². The summed E-state index contributed by atoms with van der Waals surface area (Å²) < 4.78 is 22.8. The number of hydrazine groups is 1. The number of hydrogen-bond donors (Lipinski definition) is 6. The summed E-state index contributed by atoms with van der Waals surface area (Å²) in [7, 11) is 4.72. The lowest BCUT2D eigenvalue weighted by Crippen LogP contribution is -2.82. The fourth-order valence-corrected chi connectivity index (χ4v) is 16.0. The van der Waals surface area contributed by atoms with Crippen LogP contribution in [-0.4, -0.2) is 167 Å². The van der Waals surface area contributed by atoms with Gasteiger partial charge in [0.05, 0.1) is 31.8 Å². The molecule has 2 saturated carbocycles. The first-order chi connectivity index (χ1) is 36.9. The Labute approximate surface area is 447 Å². The number of fused-ring (bicyclic) bond motifs is 6. The van der Waals surface area contributed by atoms with Gasteiger partial charge in [0.1, 0.15) is 17.3 Å². The lowest BCUT2D eigenvalue weighted by atomic mass is 9.47. The lowest BCUT2D eigenvalue weighted by Gasteiger charge is -2.63. The number of hydrogen-bond acceptors (Lipinski definition) is 16. The second kappa shape index (κ2) is 19.5. The predicted molar refractivity (Wildman–Crippen MR) is 279 cm³/mol. The van der Waals surface area contributed by atoms with Crippen molar-refractivity contribution in [3.05, 3.63) is 83.1 Å². The quantitative estimate of drug-likeness (QED) is 0.0530. The fourth-order valence-electron chi connectivity index (χ4n) is 16.0. The number of rotatable bonds is 11. The molecule has 6 N–H and O–H groups in total. The minimum absolute atomic E-state index is 0.0422. The van der Waals surface area contributed by atoms with Crippen molar-refractivity contribution in [3.8, 4) is 5.75 Å². The predicted octanol–water partition coefficient (Wildman–Crippen LogP) is 3.24. The van der Waals surface area contributed by atoms with Crippen LogP contribution in [0.1, 0.15) is 94.0 Å². The molecule has 20 nitrogen and oxygen atoms in total. The Morgan fingerprint density at radius 3 is 2.36 bits per heavy atom. The molecule has 2 aliphatic carbocycles. The molecule has 0 radical (unpaired) electrons. The van der Waals surface area contributed by atoms with Gasteiger partial charge < -0.3 is 44.2 Å². The maximum atomic E-state index is 15.5. The molecule has 3 aromatic rings. The summed E-state index contributed by atoms with van der Waals surface area (Å²) in [5, 5.41) is 39.5. The number of anilines is 1. The van der Waals surface area contributed by atoms with Crippen molar-refractivity contribution < 1.29 is 63.0 Å². The van der Waals surface area contributed by atoms with E-state index in [0.717, 1.165) is 22.0 Å². The highest BCUT2D eigenvalue weighted by Gasteiger charge is 2.79. The van der Waals surface area contributed by atoms with Crippen molar-refractivity contribution >= 4 is 52.3 Å². The van der Waals surface area contributed by atoms with Crippen LogP contribution in [0.4, 0.5) is 10.5 Å². The van der Waals surface area contributed by atoms with Crippen LogP contribution in [-0.2, 0) is 55.4 Å². The van der Waals surface area contributed by atoms with E-state index in [-0.39, 0.29) is 36.6 Å². The zero-order valence-corrected chi connectivity index (χ0v) is 44.5. The van der Waals surface area contributed by atoms with E-state index in [9.17, 15) is 34.5 Å². The van der Waals surface area contributed by atoms with Gasteiger partial charge in [-0.1, -0.05) is 44.2 Å². The van der Waals surface area contributed by atoms with Crippen molar-refractivity contribution in [2.45, 2.75) is 118 Å². The van der Waals surface area contributed by atoms with Gasteiger partial charge in [-0.05, 0) is 106 Å². The van der Waals surface area contributed by atoms with Crippen molar-refractivity contribution in [1.29, 1.82) is 0 Å². The Balaban J connectivity index is 0.919. The number of imide groups is 1. The van der Waals surface area contributed by atoms with Gasteiger partial charge in [0.25, 0.3) is 17.7 Å². The zero-order valence-electron chi connectivity index (χ0n) is 44.5. The maximum Gasteiger partial charge on any atom is 0.428 e. The number of esters is 2. The summed E-state index contributed by atoms with van der Waals surface area (Å²) in [6, 6.07) is 10.3. The number of aromatic nitrogens is 1. The van der Waals surface area contributed by atoms with Gasteiger partial charge in [0.15, 0.2) is 5.60 Å². The number of aliphatic hydroxyl groups is 3. The summed E-state index contributed by atoms with van der Waals surface area (Å²) in [6.45, 7) is 6.36. The van der Waals surface area contributed by atoms with Crippen LogP contribution in [0, 0.1) is 23.2 Å². The summed E-state index contributed by atoms with van der Waals surface area (Å²) in [5.74, 6) is -3.12. The van der Waals surface area contributed by atoms with E-state index >= 15 is 9.59 Å². The molecule has 8 aliphatic rings. The number of ether oxygens (including phenoxy) is 4. The van der Waals surface area contributed by atoms with Crippen LogP contribution in [0.5, 0.6) is 5.75 Å². The molecule has 2 aromatic carbocycles. The molecule has 4 fully saturated rings. The zero-order chi connectivity index (χ0) is 54.4. The topological polar surface area (TPSA) is 253 Å².